The van der Waals surface area contributed by atoms with E-state index in [9.17, 15) is 4.79 Å². The van der Waals surface area contributed by atoms with E-state index in [1.54, 1.807) is 6.20 Å². The van der Waals surface area contributed by atoms with Gasteiger partial charge in [0.1, 0.15) is 0 Å². The molecule has 0 atom stereocenters. The van der Waals surface area contributed by atoms with Gasteiger partial charge in [-0.1, -0.05) is 36.2 Å². The van der Waals surface area contributed by atoms with Gasteiger partial charge in [-0.15, -0.1) is 0 Å². The van der Waals surface area contributed by atoms with Crippen molar-refractivity contribution in [3.63, 3.8) is 0 Å². The molecule has 0 aliphatic carbocycles. The summed E-state index contributed by atoms with van der Waals surface area (Å²) >= 11 is 0. The molecule has 0 aliphatic heterocycles. The van der Waals surface area contributed by atoms with Crippen molar-refractivity contribution in [2.24, 2.45) is 0 Å². The Hall–Kier alpha value is -3.01. The smallest absolute Gasteiger partial charge is 0.227 e. The summed E-state index contributed by atoms with van der Waals surface area (Å²) in [6.07, 6.45) is 13.9. The number of carbonyl (C=O) groups excluding carboxylic acids is 1. The number of aromatic nitrogens is 2. The van der Waals surface area contributed by atoms with Crippen molar-refractivity contribution in [2.75, 3.05) is 11.4 Å². The monoisotopic (exact) mass is 429 g/mol. The van der Waals surface area contributed by atoms with Gasteiger partial charge in [-0.2, -0.15) is 0 Å². The lowest BCUT2D eigenvalue weighted by atomic mass is 10.0. The van der Waals surface area contributed by atoms with Crippen molar-refractivity contribution in [2.45, 2.75) is 65.7 Å². The Bertz CT molecular complexity index is 963. The molecule has 0 saturated heterocycles. The maximum atomic E-state index is 13.3. The van der Waals surface area contributed by atoms with Crippen LogP contribution in [0.25, 0.3) is 0 Å². The largest absolute Gasteiger partial charge is 0.312 e. The number of anilines is 1. The number of pyridine rings is 2. The minimum Gasteiger partial charge on any atom is -0.312 e. The van der Waals surface area contributed by atoms with Gasteiger partial charge in [-0.05, 0) is 87.3 Å². The van der Waals surface area contributed by atoms with Crippen LogP contribution >= 0.6 is 0 Å². The zero-order chi connectivity index (χ0) is 22.8. The van der Waals surface area contributed by atoms with E-state index in [1.165, 1.54) is 27.8 Å². The number of hydrogen-bond donors (Lipinski definition) is 0. The fourth-order valence-electron chi connectivity index (χ4n) is 4.41. The summed E-state index contributed by atoms with van der Waals surface area (Å²) < 4.78 is 0. The minimum atomic E-state index is 0.219. The first-order valence-electron chi connectivity index (χ1n) is 11.7. The van der Waals surface area contributed by atoms with Crippen LogP contribution in [0.15, 0.2) is 61.2 Å². The quantitative estimate of drug-likeness (QED) is 0.342. The van der Waals surface area contributed by atoms with Gasteiger partial charge in [0, 0.05) is 43.4 Å². The third-order valence-electron chi connectivity index (χ3n) is 5.86. The zero-order valence-electron chi connectivity index (χ0n) is 19.7. The van der Waals surface area contributed by atoms with Crippen molar-refractivity contribution >= 4 is 11.6 Å². The molecule has 0 saturated carbocycles. The van der Waals surface area contributed by atoms with E-state index in [1.807, 2.05) is 35.6 Å². The van der Waals surface area contributed by atoms with Crippen LogP contribution in [0, 0.1) is 20.8 Å². The molecule has 0 spiro atoms. The van der Waals surface area contributed by atoms with Gasteiger partial charge in [0.05, 0.1) is 0 Å². The molecular weight excluding hydrogens is 394 g/mol. The molecular formula is C28H35N3O. The highest BCUT2D eigenvalue weighted by molar-refractivity contribution is 5.95. The third kappa shape index (κ3) is 7.01. The van der Waals surface area contributed by atoms with Crippen molar-refractivity contribution < 1.29 is 4.79 Å². The first-order chi connectivity index (χ1) is 15.5. The Morgan fingerprint density at radius 3 is 1.97 bits per heavy atom. The Morgan fingerprint density at radius 1 is 0.812 bits per heavy atom. The molecule has 32 heavy (non-hydrogen) atoms. The van der Waals surface area contributed by atoms with E-state index < -0.39 is 0 Å². The molecule has 3 aromatic rings. The Labute approximate surface area is 192 Å². The van der Waals surface area contributed by atoms with Gasteiger partial charge < -0.3 is 4.90 Å². The fraction of sp³-hybridized carbons (Fsp3) is 0.393. The predicted molar refractivity (Wildman–Crippen MR) is 132 cm³/mol. The maximum absolute atomic E-state index is 13.3. The summed E-state index contributed by atoms with van der Waals surface area (Å²) in [6, 6.07) is 12.5. The van der Waals surface area contributed by atoms with Gasteiger partial charge in [-0.3, -0.25) is 14.8 Å². The van der Waals surface area contributed by atoms with Gasteiger partial charge in [-0.25, -0.2) is 0 Å². The number of nitrogens with zero attached hydrogens (tertiary/aromatic N) is 3. The maximum Gasteiger partial charge on any atom is 0.227 e. The second kappa shape index (κ2) is 12.1. The number of carbonyl (C=O) groups is 1. The fourth-order valence-corrected chi connectivity index (χ4v) is 4.41. The first kappa shape index (κ1) is 23.6. The number of rotatable bonds is 11. The number of aryl methyl sites for hydroxylation is 5. The van der Waals surface area contributed by atoms with Crippen LogP contribution in [-0.2, 0) is 17.6 Å². The Morgan fingerprint density at radius 2 is 1.41 bits per heavy atom. The summed E-state index contributed by atoms with van der Waals surface area (Å²) in [5.41, 5.74) is 7.15. The first-order valence-corrected chi connectivity index (χ1v) is 11.7. The number of hydrogen-bond acceptors (Lipinski definition) is 3. The van der Waals surface area contributed by atoms with Crippen molar-refractivity contribution in [1.29, 1.82) is 0 Å². The van der Waals surface area contributed by atoms with E-state index in [0.29, 0.717) is 6.42 Å². The van der Waals surface area contributed by atoms with E-state index >= 15 is 0 Å². The summed E-state index contributed by atoms with van der Waals surface area (Å²) in [4.78, 5) is 23.7. The number of benzene rings is 1. The third-order valence-corrected chi connectivity index (χ3v) is 5.86. The zero-order valence-corrected chi connectivity index (χ0v) is 19.7. The van der Waals surface area contributed by atoms with Crippen LogP contribution in [0.4, 0.5) is 5.69 Å². The molecule has 2 aromatic heterocycles. The van der Waals surface area contributed by atoms with Crippen LogP contribution < -0.4 is 4.90 Å². The lowest BCUT2D eigenvalue weighted by Gasteiger charge is -2.27. The standard InChI is InChI=1S/C28H35N3O/c1-22-18-23(2)28(24(3)19-22)31(17-6-4-5-10-25-12-8-15-29-20-25)27(32)14-7-11-26-13-9-16-30-21-26/h8-9,12-13,15-16,18-21H,4-7,10-11,14,17H2,1-3H3. The summed E-state index contributed by atoms with van der Waals surface area (Å²) in [5, 5.41) is 0. The SMILES string of the molecule is Cc1cc(C)c(N(CCCCCc2cccnc2)C(=O)CCCc2cccnc2)c(C)c1. The molecule has 0 bridgehead atoms. The van der Waals surface area contributed by atoms with E-state index in [-0.39, 0.29) is 5.91 Å². The average molecular weight is 430 g/mol. The summed E-state index contributed by atoms with van der Waals surface area (Å²) in [7, 11) is 0. The number of amides is 1. The van der Waals surface area contributed by atoms with Gasteiger partial charge in [0.25, 0.3) is 0 Å². The van der Waals surface area contributed by atoms with Crippen LogP contribution in [0.2, 0.25) is 0 Å². The molecule has 168 valence electrons. The predicted octanol–water partition coefficient (Wildman–Crippen LogP) is 6.17. The molecule has 0 aliphatic rings. The van der Waals surface area contributed by atoms with E-state index in [2.05, 4.69) is 55.0 Å². The minimum absolute atomic E-state index is 0.219. The molecule has 0 fully saturated rings. The van der Waals surface area contributed by atoms with Crippen LogP contribution in [-0.4, -0.2) is 22.4 Å². The number of unbranched alkanes of at least 4 members (excludes halogenated alkanes) is 2. The Balaban J connectivity index is 1.61. The van der Waals surface area contributed by atoms with Crippen molar-refractivity contribution in [3.05, 3.63) is 89.0 Å². The molecule has 1 aromatic carbocycles. The molecule has 2 heterocycles. The van der Waals surface area contributed by atoms with Crippen molar-refractivity contribution in [3.8, 4) is 0 Å². The highest BCUT2D eigenvalue weighted by atomic mass is 16.2. The summed E-state index contributed by atoms with van der Waals surface area (Å²) in [6.45, 7) is 7.12. The molecule has 0 N–H and O–H groups in total. The molecule has 4 nitrogen and oxygen atoms in total. The van der Waals surface area contributed by atoms with Crippen LogP contribution in [0.3, 0.4) is 0 Å². The molecule has 1 amide bonds. The second-order valence-corrected chi connectivity index (χ2v) is 8.68. The molecule has 4 heteroatoms. The topological polar surface area (TPSA) is 46.1 Å². The molecule has 0 radical (unpaired) electrons. The van der Waals surface area contributed by atoms with Gasteiger partial charge in [0.2, 0.25) is 5.91 Å². The van der Waals surface area contributed by atoms with E-state index in [0.717, 1.165) is 50.8 Å². The van der Waals surface area contributed by atoms with Gasteiger partial charge in [0.15, 0.2) is 0 Å². The van der Waals surface area contributed by atoms with Crippen LogP contribution in [0.1, 0.15) is 59.9 Å². The molecule has 3 rings (SSSR count). The second-order valence-electron chi connectivity index (χ2n) is 8.68. The van der Waals surface area contributed by atoms with Crippen molar-refractivity contribution in [1.82, 2.24) is 9.97 Å². The van der Waals surface area contributed by atoms with E-state index in [4.69, 9.17) is 0 Å². The van der Waals surface area contributed by atoms with Crippen LogP contribution in [0.5, 0.6) is 0 Å². The summed E-state index contributed by atoms with van der Waals surface area (Å²) in [5.74, 6) is 0.219. The average Bonchev–Trinajstić information content (AvgIpc) is 2.78. The lowest BCUT2D eigenvalue weighted by molar-refractivity contribution is -0.118. The normalized spacial score (nSPS) is 10.8. The Kier molecular flexibility index (Phi) is 8.97. The van der Waals surface area contributed by atoms with Gasteiger partial charge >= 0.3 is 0 Å². The lowest BCUT2D eigenvalue weighted by Crippen LogP contribution is -2.33. The molecule has 0 unspecified atom stereocenters. The highest BCUT2D eigenvalue weighted by Crippen LogP contribution is 2.28. The highest BCUT2D eigenvalue weighted by Gasteiger charge is 2.19.